The molecule has 1 rings (SSSR count). The van der Waals surface area contributed by atoms with Gasteiger partial charge in [0.05, 0.1) is 0 Å². The van der Waals surface area contributed by atoms with E-state index in [0.717, 1.165) is 11.1 Å². The second-order valence-electron chi connectivity index (χ2n) is 4.10. The van der Waals surface area contributed by atoms with Crippen LogP contribution in [0.15, 0.2) is 36.0 Å². The highest BCUT2D eigenvalue weighted by Gasteiger charge is 2.01. The van der Waals surface area contributed by atoms with Crippen LogP contribution in [-0.4, -0.2) is 11.9 Å². The monoisotopic (exact) mass is 247 g/mol. The molecule has 0 spiro atoms. The maximum absolute atomic E-state index is 11.4. The van der Waals surface area contributed by atoms with Crippen molar-refractivity contribution in [1.29, 1.82) is 0 Å². The lowest BCUT2D eigenvalue weighted by Crippen LogP contribution is -2.18. The highest BCUT2D eigenvalue weighted by Crippen LogP contribution is 2.05. The molecule has 0 aliphatic rings. The number of hydrogen-bond donors (Lipinski definition) is 1. The molecule has 18 heavy (non-hydrogen) atoms. The number of ether oxygens (including phenoxy) is 1. The number of allylic oxidation sites excluding steroid dienone is 1. The Kier molecular flexibility index (Phi) is 5.11. The summed E-state index contributed by atoms with van der Waals surface area (Å²) in [7, 11) is 0. The van der Waals surface area contributed by atoms with E-state index < -0.39 is 5.97 Å². The number of nitrogens with one attached hydrogen (secondary N) is 1. The Morgan fingerprint density at radius 1 is 1.22 bits per heavy atom. The van der Waals surface area contributed by atoms with Gasteiger partial charge in [0.15, 0.2) is 0 Å². The maximum atomic E-state index is 11.4. The van der Waals surface area contributed by atoms with E-state index in [4.69, 9.17) is 4.74 Å². The number of carbonyl (C=O) groups excluding carboxylic acids is 2. The Morgan fingerprint density at radius 3 is 2.39 bits per heavy atom. The molecule has 0 atom stereocenters. The van der Waals surface area contributed by atoms with Crippen molar-refractivity contribution in [2.75, 3.05) is 0 Å². The van der Waals surface area contributed by atoms with Gasteiger partial charge in [0.25, 0.3) is 0 Å². The first-order valence-electron chi connectivity index (χ1n) is 5.65. The average molecular weight is 247 g/mol. The van der Waals surface area contributed by atoms with E-state index in [1.54, 1.807) is 6.92 Å². The molecule has 0 bridgehead atoms. The quantitative estimate of drug-likeness (QED) is 0.654. The third-order valence-electron chi connectivity index (χ3n) is 2.21. The second kappa shape index (κ2) is 6.59. The Morgan fingerprint density at radius 2 is 1.83 bits per heavy atom. The topological polar surface area (TPSA) is 55.4 Å². The average Bonchev–Trinajstić information content (AvgIpc) is 2.27. The Hall–Kier alpha value is -2.10. The fraction of sp³-hybridized carbons (Fsp3) is 0.286. The lowest BCUT2D eigenvalue weighted by Gasteiger charge is -2.04. The van der Waals surface area contributed by atoms with Crippen LogP contribution in [0.4, 0.5) is 0 Å². The molecule has 0 radical (unpaired) electrons. The van der Waals surface area contributed by atoms with Gasteiger partial charge in [0, 0.05) is 18.7 Å². The van der Waals surface area contributed by atoms with Crippen LogP contribution in [0, 0.1) is 6.92 Å². The molecule has 0 saturated heterocycles. The minimum absolute atomic E-state index is 0.213. The lowest BCUT2D eigenvalue weighted by molar-refractivity contribution is -0.139. The maximum Gasteiger partial charge on any atom is 0.332 e. The Labute approximate surface area is 107 Å². The van der Waals surface area contributed by atoms with Crippen molar-refractivity contribution >= 4 is 11.9 Å². The number of benzene rings is 1. The van der Waals surface area contributed by atoms with Crippen LogP contribution in [0.3, 0.4) is 0 Å². The molecule has 96 valence electrons. The molecular formula is C14H17NO3. The summed E-state index contributed by atoms with van der Waals surface area (Å²) < 4.78 is 5.05. The van der Waals surface area contributed by atoms with E-state index in [0.29, 0.717) is 5.70 Å². The minimum Gasteiger partial charge on any atom is -0.458 e. The SMILES string of the molecule is CC(=O)N/C(C)=C/C(=O)OCc1ccc(C)cc1. The zero-order valence-corrected chi connectivity index (χ0v) is 10.8. The summed E-state index contributed by atoms with van der Waals surface area (Å²) in [6.45, 7) is 5.24. The minimum atomic E-state index is -0.471. The largest absolute Gasteiger partial charge is 0.458 e. The first kappa shape index (κ1) is 14.0. The first-order chi connectivity index (χ1) is 8.47. The third-order valence-corrected chi connectivity index (χ3v) is 2.21. The van der Waals surface area contributed by atoms with Crippen LogP contribution in [-0.2, 0) is 20.9 Å². The number of carbonyl (C=O) groups is 2. The van der Waals surface area contributed by atoms with Gasteiger partial charge in [0.1, 0.15) is 6.61 Å². The van der Waals surface area contributed by atoms with Crippen LogP contribution < -0.4 is 5.32 Å². The molecule has 0 fully saturated rings. The fourth-order valence-corrected chi connectivity index (χ4v) is 1.37. The molecule has 1 N–H and O–H groups in total. The zero-order chi connectivity index (χ0) is 13.5. The number of amides is 1. The predicted molar refractivity (Wildman–Crippen MR) is 68.5 cm³/mol. The van der Waals surface area contributed by atoms with Gasteiger partial charge in [-0.2, -0.15) is 0 Å². The van der Waals surface area contributed by atoms with Gasteiger partial charge in [-0.3, -0.25) is 4.79 Å². The number of hydrogen-bond acceptors (Lipinski definition) is 3. The van der Waals surface area contributed by atoms with Gasteiger partial charge in [0.2, 0.25) is 5.91 Å². The van der Waals surface area contributed by atoms with Gasteiger partial charge in [-0.1, -0.05) is 29.8 Å². The molecule has 0 unspecified atom stereocenters. The van der Waals surface area contributed by atoms with Crippen molar-refractivity contribution in [2.24, 2.45) is 0 Å². The molecule has 4 heteroatoms. The molecule has 0 aliphatic heterocycles. The highest BCUT2D eigenvalue weighted by atomic mass is 16.5. The summed E-state index contributed by atoms with van der Waals surface area (Å²) in [5, 5.41) is 2.50. The number of rotatable bonds is 4. The van der Waals surface area contributed by atoms with E-state index >= 15 is 0 Å². The second-order valence-corrected chi connectivity index (χ2v) is 4.10. The summed E-state index contributed by atoms with van der Waals surface area (Å²) in [6.07, 6.45) is 1.26. The molecule has 1 aromatic carbocycles. The van der Waals surface area contributed by atoms with Crippen molar-refractivity contribution in [3.8, 4) is 0 Å². The molecule has 4 nitrogen and oxygen atoms in total. The van der Waals surface area contributed by atoms with E-state index in [1.165, 1.54) is 13.0 Å². The van der Waals surface area contributed by atoms with Crippen LogP contribution >= 0.6 is 0 Å². The van der Waals surface area contributed by atoms with Gasteiger partial charge in [-0.05, 0) is 19.4 Å². The summed E-state index contributed by atoms with van der Waals surface area (Å²) in [4.78, 5) is 22.2. The van der Waals surface area contributed by atoms with E-state index in [1.807, 2.05) is 31.2 Å². The summed E-state index contributed by atoms with van der Waals surface area (Å²) >= 11 is 0. The molecular weight excluding hydrogens is 230 g/mol. The molecule has 0 aliphatic carbocycles. The van der Waals surface area contributed by atoms with Crippen molar-refractivity contribution in [3.63, 3.8) is 0 Å². The van der Waals surface area contributed by atoms with Crippen LogP contribution in [0.5, 0.6) is 0 Å². The summed E-state index contributed by atoms with van der Waals surface area (Å²) in [5.74, 6) is -0.683. The van der Waals surface area contributed by atoms with Gasteiger partial charge >= 0.3 is 5.97 Å². The van der Waals surface area contributed by atoms with Crippen molar-refractivity contribution in [1.82, 2.24) is 5.32 Å². The summed E-state index contributed by atoms with van der Waals surface area (Å²) in [6, 6.07) is 7.74. The highest BCUT2D eigenvalue weighted by molar-refractivity contribution is 5.84. The van der Waals surface area contributed by atoms with Crippen LogP contribution in [0.25, 0.3) is 0 Å². The molecule has 0 saturated carbocycles. The normalized spacial score (nSPS) is 10.9. The Bertz CT molecular complexity index is 460. The fourth-order valence-electron chi connectivity index (χ4n) is 1.37. The van der Waals surface area contributed by atoms with Gasteiger partial charge in [-0.15, -0.1) is 0 Å². The Balaban J connectivity index is 2.46. The van der Waals surface area contributed by atoms with Crippen molar-refractivity contribution in [3.05, 3.63) is 47.2 Å². The van der Waals surface area contributed by atoms with Crippen LogP contribution in [0.2, 0.25) is 0 Å². The van der Waals surface area contributed by atoms with Gasteiger partial charge < -0.3 is 10.1 Å². The first-order valence-corrected chi connectivity index (χ1v) is 5.65. The van der Waals surface area contributed by atoms with E-state index in [-0.39, 0.29) is 12.5 Å². The number of esters is 1. The molecule has 1 amide bonds. The van der Waals surface area contributed by atoms with E-state index in [2.05, 4.69) is 5.32 Å². The predicted octanol–water partition coefficient (Wildman–Crippen LogP) is 2.08. The molecule has 0 aromatic heterocycles. The smallest absolute Gasteiger partial charge is 0.332 e. The van der Waals surface area contributed by atoms with Gasteiger partial charge in [-0.25, -0.2) is 4.79 Å². The van der Waals surface area contributed by atoms with Crippen molar-refractivity contribution < 1.29 is 14.3 Å². The standard InChI is InChI=1S/C14H17NO3/c1-10-4-6-13(7-5-10)9-18-14(17)8-11(2)15-12(3)16/h4-8H,9H2,1-3H3,(H,15,16)/b11-8+. The van der Waals surface area contributed by atoms with Crippen molar-refractivity contribution in [2.45, 2.75) is 27.4 Å². The molecule has 1 aromatic rings. The third kappa shape index (κ3) is 5.30. The zero-order valence-electron chi connectivity index (χ0n) is 10.8. The summed E-state index contributed by atoms with van der Waals surface area (Å²) in [5.41, 5.74) is 2.56. The van der Waals surface area contributed by atoms with E-state index in [9.17, 15) is 9.59 Å². The molecule has 0 heterocycles. The van der Waals surface area contributed by atoms with Crippen LogP contribution in [0.1, 0.15) is 25.0 Å². The lowest BCUT2D eigenvalue weighted by atomic mass is 10.2. The number of aryl methyl sites for hydroxylation is 1.